The first-order chi connectivity index (χ1) is 3.06. The molecule has 0 aromatic rings. The Balaban J connectivity index is 0. The summed E-state index contributed by atoms with van der Waals surface area (Å²) < 4.78 is 10.4. The Hall–Kier alpha value is 0.904. The second-order valence-electron chi connectivity index (χ2n) is 1.77. The molecule has 4 heteroatoms. The summed E-state index contributed by atoms with van der Waals surface area (Å²) in [5.41, 5.74) is 0. The normalized spacial score (nSPS) is 16.4. The molecule has 1 unspecified atom stereocenters. The largest absolute Gasteiger partial charge is 0.344 e. The second kappa shape index (κ2) is 4.75. The molecule has 1 N–H and O–H groups in total. The predicted octanol–water partition coefficient (Wildman–Crippen LogP) is 1.29. The van der Waals surface area contributed by atoms with Crippen molar-refractivity contribution >= 4 is 7.37 Å². The molecule has 0 spiro atoms. The van der Waals surface area contributed by atoms with E-state index in [1.807, 2.05) is 6.92 Å². The van der Waals surface area contributed by atoms with Crippen LogP contribution in [-0.4, -0.2) is 17.7 Å². The van der Waals surface area contributed by atoms with Crippen LogP contribution in [0.1, 0.15) is 13.3 Å². The van der Waals surface area contributed by atoms with Crippen LogP contribution in [0.2, 0.25) is 0 Å². The number of hydrogen-bond donors (Lipinski definition) is 1. The summed E-state index contributed by atoms with van der Waals surface area (Å²) in [4.78, 5) is 8.57. The van der Waals surface area contributed by atoms with E-state index in [2.05, 4.69) is 0 Å². The van der Waals surface area contributed by atoms with Gasteiger partial charge in [0.1, 0.15) is 0 Å². The maximum Gasteiger partial charge on any atom is 0.197 e. The van der Waals surface area contributed by atoms with Crippen LogP contribution in [0.25, 0.3) is 0 Å². The average Bonchev–Trinajstić information content (AvgIpc) is 1.30. The summed E-state index contributed by atoms with van der Waals surface area (Å²) >= 11 is 0. The van der Waals surface area contributed by atoms with Crippen LogP contribution in [0, 0.1) is 0 Å². The van der Waals surface area contributed by atoms with Crippen molar-refractivity contribution < 1.29 is 31.2 Å². The van der Waals surface area contributed by atoms with Gasteiger partial charge in [-0.1, -0.05) is 6.92 Å². The molecule has 0 aliphatic carbocycles. The van der Waals surface area contributed by atoms with Crippen molar-refractivity contribution in [2.24, 2.45) is 0 Å². The molecule has 0 radical (unpaired) electrons. The van der Waals surface area contributed by atoms with Crippen LogP contribution in [-0.2, 0) is 26.3 Å². The second-order valence-corrected chi connectivity index (χ2v) is 4.32. The first kappa shape index (κ1) is 11.7. The fraction of sp³-hybridized carbons (Fsp3) is 1.00. The van der Waals surface area contributed by atoms with Gasteiger partial charge >= 0.3 is 0 Å². The summed E-state index contributed by atoms with van der Waals surface area (Å²) in [5, 5.41) is 0. The molecule has 48 valence electrons. The maximum atomic E-state index is 10.4. The van der Waals surface area contributed by atoms with Crippen molar-refractivity contribution in [1.29, 1.82) is 0 Å². The van der Waals surface area contributed by atoms with Crippen LogP contribution in [0.5, 0.6) is 0 Å². The Morgan fingerprint density at radius 3 is 2.00 bits per heavy atom. The van der Waals surface area contributed by atoms with Gasteiger partial charge in [-0.15, -0.1) is 0 Å². The fourth-order valence-electron chi connectivity index (χ4n) is 0.415. The van der Waals surface area contributed by atoms with E-state index >= 15 is 0 Å². The van der Waals surface area contributed by atoms with E-state index < -0.39 is 7.37 Å². The summed E-state index contributed by atoms with van der Waals surface area (Å²) in [6.07, 6.45) is 1.25. The van der Waals surface area contributed by atoms with Crippen molar-refractivity contribution in [3.63, 3.8) is 0 Å². The molecule has 2 nitrogen and oxygen atoms in total. The molecule has 0 aliphatic rings. The Labute approximate surface area is 65.0 Å². The Kier molecular flexibility index (Phi) is 6.93. The molecule has 0 aromatic carbocycles. The van der Waals surface area contributed by atoms with Crippen molar-refractivity contribution in [3.8, 4) is 0 Å². The Morgan fingerprint density at radius 1 is 1.62 bits per heavy atom. The molecular formula is C4H11O2PTi. The van der Waals surface area contributed by atoms with Crippen LogP contribution in [0.4, 0.5) is 0 Å². The van der Waals surface area contributed by atoms with Crippen LogP contribution >= 0.6 is 7.37 Å². The Morgan fingerprint density at radius 2 is 2.00 bits per heavy atom. The molecule has 0 rings (SSSR count). The van der Waals surface area contributed by atoms with E-state index in [0.717, 1.165) is 6.42 Å². The monoisotopic (exact) mass is 170 g/mol. The zero-order valence-corrected chi connectivity index (χ0v) is 7.67. The van der Waals surface area contributed by atoms with E-state index in [4.69, 9.17) is 4.89 Å². The molecule has 0 bridgehead atoms. The van der Waals surface area contributed by atoms with Crippen LogP contribution in [0.15, 0.2) is 0 Å². The van der Waals surface area contributed by atoms with Crippen molar-refractivity contribution in [1.82, 2.24) is 0 Å². The smallest absolute Gasteiger partial charge is 0.197 e. The van der Waals surface area contributed by atoms with Gasteiger partial charge in [0, 0.05) is 34.5 Å². The van der Waals surface area contributed by atoms with E-state index in [9.17, 15) is 4.57 Å². The minimum Gasteiger partial charge on any atom is -0.344 e. The quantitative estimate of drug-likeness (QED) is 0.500. The van der Waals surface area contributed by atoms with Gasteiger partial charge < -0.3 is 4.89 Å². The van der Waals surface area contributed by atoms with E-state index in [1.165, 1.54) is 6.66 Å². The topological polar surface area (TPSA) is 37.3 Å². The number of rotatable bonds is 2. The maximum absolute atomic E-state index is 10.4. The summed E-state index contributed by atoms with van der Waals surface area (Å²) in [5.74, 6) is 0. The molecule has 0 fully saturated rings. The Bertz CT molecular complexity index is 88.0. The summed E-state index contributed by atoms with van der Waals surface area (Å²) in [6.45, 7) is 3.28. The third-order valence-corrected chi connectivity index (χ3v) is 1.92. The standard InChI is InChI=1S/C4H11O2P.Ti/c1-3-4-7(2,5)6;/h3-4H2,1-2H3,(H,5,6);. The van der Waals surface area contributed by atoms with Crippen molar-refractivity contribution in [3.05, 3.63) is 0 Å². The average molecular weight is 170 g/mol. The van der Waals surface area contributed by atoms with Gasteiger partial charge in [-0.25, -0.2) is 0 Å². The zero-order valence-electron chi connectivity index (χ0n) is 5.22. The first-order valence-corrected chi connectivity index (χ1v) is 4.65. The SMILES string of the molecule is CCCP(C)(=O)O.[Ti]. The first-order valence-electron chi connectivity index (χ1n) is 2.35. The van der Waals surface area contributed by atoms with Gasteiger partial charge in [0.2, 0.25) is 0 Å². The zero-order chi connectivity index (χ0) is 5.91. The molecule has 1 atom stereocenters. The van der Waals surface area contributed by atoms with Gasteiger partial charge in [-0.3, -0.25) is 4.57 Å². The molecule has 8 heavy (non-hydrogen) atoms. The third kappa shape index (κ3) is 10.0. The van der Waals surface area contributed by atoms with Crippen LogP contribution < -0.4 is 0 Å². The van der Waals surface area contributed by atoms with Gasteiger partial charge in [0.05, 0.1) is 0 Å². The van der Waals surface area contributed by atoms with Gasteiger partial charge in [0.25, 0.3) is 0 Å². The molecule has 0 saturated heterocycles. The van der Waals surface area contributed by atoms with E-state index in [-0.39, 0.29) is 21.7 Å². The van der Waals surface area contributed by atoms with Gasteiger partial charge in [-0.2, -0.15) is 0 Å². The summed E-state index contributed by atoms with van der Waals surface area (Å²) in [7, 11) is -2.67. The minimum absolute atomic E-state index is 0. The molecule has 0 amide bonds. The van der Waals surface area contributed by atoms with Crippen LogP contribution in [0.3, 0.4) is 0 Å². The van der Waals surface area contributed by atoms with Crippen molar-refractivity contribution in [2.45, 2.75) is 13.3 Å². The van der Waals surface area contributed by atoms with Crippen molar-refractivity contribution in [2.75, 3.05) is 12.8 Å². The third-order valence-electron chi connectivity index (χ3n) is 0.639. The van der Waals surface area contributed by atoms with E-state index in [0.29, 0.717) is 6.16 Å². The fourth-order valence-corrected chi connectivity index (χ4v) is 1.24. The summed E-state index contributed by atoms with van der Waals surface area (Å²) in [6, 6.07) is 0. The number of hydrogen-bond acceptors (Lipinski definition) is 1. The van der Waals surface area contributed by atoms with Gasteiger partial charge in [0.15, 0.2) is 7.37 Å². The molecular weight excluding hydrogens is 159 g/mol. The van der Waals surface area contributed by atoms with Gasteiger partial charge in [-0.05, 0) is 6.42 Å². The molecule has 0 aliphatic heterocycles. The van der Waals surface area contributed by atoms with E-state index in [1.54, 1.807) is 0 Å². The molecule has 0 aromatic heterocycles. The minimum atomic E-state index is -2.67. The molecule has 0 heterocycles. The predicted molar refractivity (Wildman–Crippen MR) is 30.9 cm³/mol. The molecule has 0 saturated carbocycles.